The molecule has 0 unspecified atom stereocenters. The van der Waals surface area contributed by atoms with Crippen molar-refractivity contribution in [1.82, 2.24) is 4.90 Å². The number of rotatable bonds is 9. The van der Waals surface area contributed by atoms with Crippen molar-refractivity contribution < 1.29 is 27.2 Å². The molecule has 1 aromatic rings. The number of carbonyl (C=O) groups is 1. The molecule has 1 aliphatic rings. The minimum absolute atomic E-state index is 0.101. The third kappa shape index (κ3) is 6.48. The summed E-state index contributed by atoms with van der Waals surface area (Å²) in [7, 11) is -3.83. The normalized spacial score (nSPS) is 18.5. The second-order valence-electron chi connectivity index (χ2n) is 6.91. The van der Waals surface area contributed by atoms with Gasteiger partial charge in [-0.3, -0.25) is 4.18 Å². The highest BCUT2D eigenvalue weighted by Crippen LogP contribution is 2.23. The van der Waals surface area contributed by atoms with Crippen molar-refractivity contribution >= 4 is 16.2 Å². The number of ether oxygens (including phenoxy) is 1. The molecule has 0 aromatic heterocycles. The molecule has 2 rings (SSSR count). The lowest BCUT2D eigenvalue weighted by atomic mass is 9.99. The first-order valence-corrected chi connectivity index (χ1v) is 10.8. The van der Waals surface area contributed by atoms with Gasteiger partial charge in [0, 0.05) is 19.0 Å². The predicted molar refractivity (Wildman–Crippen MR) is 101 cm³/mol. The summed E-state index contributed by atoms with van der Waals surface area (Å²) in [5.74, 6) is -0.102. The number of benzene rings is 1. The largest absolute Gasteiger partial charge is 0.449 e. The molecule has 0 bridgehead atoms. The van der Waals surface area contributed by atoms with Gasteiger partial charge in [-0.05, 0) is 38.3 Å². The van der Waals surface area contributed by atoms with E-state index >= 15 is 0 Å². The van der Waals surface area contributed by atoms with Crippen LogP contribution in [0, 0.1) is 12.8 Å². The number of aliphatic hydroxyl groups excluding tert-OH is 1. The molecule has 0 saturated carbocycles. The van der Waals surface area contributed by atoms with Gasteiger partial charge in [-0.1, -0.05) is 31.0 Å². The van der Waals surface area contributed by atoms with Gasteiger partial charge in [-0.15, -0.1) is 0 Å². The molecule has 1 heterocycles. The van der Waals surface area contributed by atoms with E-state index in [1.165, 1.54) is 12.1 Å². The molecule has 7 nitrogen and oxygen atoms in total. The Morgan fingerprint density at radius 2 is 2.00 bits per heavy atom. The summed E-state index contributed by atoms with van der Waals surface area (Å²) in [4.78, 5) is 13.6. The molecule has 1 aliphatic heterocycles. The number of unbranched alkanes of at least 4 members (excludes halogenated alkanes) is 1. The maximum Gasteiger partial charge on any atom is 0.409 e. The van der Waals surface area contributed by atoms with Crippen LogP contribution in [0.3, 0.4) is 0 Å². The first-order valence-electron chi connectivity index (χ1n) is 9.39. The van der Waals surface area contributed by atoms with E-state index in [9.17, 15) is 18.3 Å². The van der Waals surface area contributed by atoms with E-state index in [1.54, 1.807) is 17.0 Å². The molecule has 1 N–H and O–H groups in total. The zero-order valence-electron chi connectivity index (χ0n) is 16.0. The lowest BCUT2D eigenvalue weighted by molar-refractivity contribution is 0.0797. The third-order valence-electron chi connectivity index (χ3n) is 4.71. The highest BCUT2D eigenvalue weighted by atomic mass is 32.2. The molecule has 1 saturated heterocycles. The average molecular weight is 400 g/mol. The molecule has 1 fully saturated rings. The molecule has 1 amide bonds. The number of carbonyl (C=O) groups excluding carboxylic acids is 1. The molecule has 0 radical (unpaired) electrons. The predicted octanol–water partition coefficient (Wildman–Crippen LogP) is 2.71. The molecule has 0 aliphatic carbocycles. The smallest absolute Gasteiger partial charge is 0.409 e. The third-order valence-corrected chi connectivity index (χ3v) is 6.04. The summed E-state index contributed by atoms with van der Waals surface area (Å²) >= 11 is 0. The lowest BCUT2D eigenvalue weighted by Crippen LogP contribution is -2.32. The van der Waals surface area contributed by atoms with Crippen LogP contribution in [0.5, 0.6) is 0 Å². The van der Waals surface area contributed by atoms with Gasteiger partial charge in [-0.25, -0.2) is 4.79 Å². The number of hydrogen-bond donors (Lipinski definition) is 1. The minimum Gasteiger partial charge on any atom is -0.449 e. The fraction of sp³-hybridized carbons (Fsp3) is 0.632. The van der Waals surface area contributed by atoms with E-state index < -0.39 is 16.2 Å². The number of aryl methyl sites for hydroxylation is 1. The van der Waals surface area contributed by atoms with Gasteiger partial charge in [0.25, 0.3) is 10.1 Å². The Bertz CT molecular complexity index is 703. The second-order valence-corrected chi connectivity index (χ2v) is 8.52. The molecular formula is C19H29NO6S. The van der Waals surface area contributed by atoms with Crippen LogP contribution in [-0.2, 0) is 19.0 Å². The van der Waals surface area contributed by atoms with Crippen molar-refractivity contribution in [2.24, 2.45) is 5.92 Å². The summed E-state index contributed by atoms with van der Waals surface area (Å²) in [5, 5.41) is 10.3. The van der Waals surface area contributed by atoms with Crippen LogP contribution in [0.25, 0.3) is 0 Å². The van der Waals surface area contributed by atoms with E-state index in [4.69, 9.17) is 8.92 Å². The van der Waals surface area contributed by atoms with Gasteiger partial charge >= 0.3 is 6.09 Å². The van der Waals surface area contributed by atoms with E-state index in [0.29, 0.717) is 26.1 Å². The molecule has 1 aromatic carbocycles. The SMILES string of the molecule is CCCCOC(=O)N1CC[C@H]([C@H](O)CCOS(=O)(=O)c2ccc(C)cc2)C1. The Labute approximate surface area is 161 Å². The average Bonchev–Trinajstić information content (AvgIpc) is 3.12. The highest BCUT2D eigenvalue weighted by Gasteiger charge is 2.32. The Balaban J connectivity index is 1.75. The number of likely N-dealkylation sites (tertiary alicyclic amines) is 1. The number of hydrogen-bond acceptors (Lipinski definition) is 6. The van der Waals surface area contributed by atoms with Crippen LogP contribution in [0.4, 0.5) is 4.79 Å². The topological polar surface area (TPSA) is 93.1 Å². The van der Waals surface area contributed by atoms with Gasteiger partial charge in [0.05, 0.1) is 24.2 Å². The zero-order valence-corrected chi connectivity index (χ0v) is 16.8. The Hall–Kier alpha value is -1.64. The molecule has 27 heavy (non-hydrogen) atoms. The maximum atomic E-state index is 12.1. The van der Waals surface area contributed by atoms with Crippen molar-refractivity contribution in [3.63, 3.8) is 0 Å². The van der Waals surface area contributed by atoms with Gasteiger partial charge in [0.1, 0.15) is 0 Å². The van der Waals surface area contributed by atoms with E-state index in [2.05, 4.69) is 0 Å². The van der Waals surface area contributed by atoms with Crippen molar-refractivity contribution in [3.8, 4) is 0 Å². The van der Waals surface area contributed by atoms with Crippen molar-refractivity contribution in [3.05, 3.63) is 29.8 Å². The van der Waals surface area contributed by atoms with E-state index in [1.807, 2.05) is 13.8 Å². The standard InChI is InChI=1S/C19H29NO6S/c1-3-4-12-25-19(22)20-11-9-16(14-20)18(21)10-13-26-27(23,24)17-7-5-15(2)6-8-17/h5-8,16,18,21H,3-4,9-14H2,1-2H3/t16-,18+/m0/s1. The maximum absolute atomic E-state index is 12.1. The number of aliphatic hydroxyl groups is 1. The molecule has 8 heteroatoms. The van der Waals surface area contributed by atoms with Crippen molar-refractivity contribution in [1.29, 1.82) is 0 Å². The zero-order chi connectivity index (χ0) is 19.9. The van der Waals surface area contributed by atoms with Gasteiger partial charge < -0.3 is 14.7 Å². The summed E-state index contributed by atoms with van der Waals surface area (Å²) in [6, 6.07) is 6.41. The van der Waals surface area contributed by atoms with Gasteiger partial charge in [0.15, 0.2) is 0 Å². The highest BCUT2D eigenvalue weighted by molar-refractivity contribution is 7.86. The fourth-order valence-electron chi connectivity index (χ4n) is 2.95. The van der Waals surface area contributed by atoms with E-state index in [0.717, 1.165) is 18.4 Å². The van der Waals surface area contributed by atoms with Gasteiger partial charge in [-0.2, -0.15) is 8.42 Å². The number of nitrogens with zero attached hydrogens (tertiary/aromatic N) is 1. The first-order chi connectivity index (χ1) is 12.8. The molecular weight excluding hydrogens is 370 g/mol. The van der Waals surface area contributed by atoms with Gasteiger partial charge in [0.2, 0.25) is 0 Å². The summed E-state index contributed by atoms with van der Waals surface area (Å²) in [6.07, 6.45) is 1.56. The lowest BCUT2D eigenvalue weighted by Gasteiger charge is -2.19. The minimum atomic E-state index is -3.83. The van der Waals surface area contributed by atoms with Crippen LogP contribution in [-0.4, -0.2) is 56.9 Å². The summed E-state index contributed by atoms with van der Waals surface area (Å²) < 4.78 is 34.5. The van der Waals surface area contributed by atoms with Crippen LogP contribution in [0.15, 0.2) is 29.2 Å². The molecule has 0 spiro atoms. The summed E-state index contributed by atoms with van der Waals surface area (Å²) in [5.41, 5.74) is 0.961. The fourth-order valence-corrected chi connectivity index (χ4v) is 3.87. The molecule has 2 atom stereocenters. The van der Waals surface area contributed by atoms with Crippen LogP contribution < -0.4 is 0 Å². The molecule has 152 valence electrons. The second kappa shape index (κ2) is 10.1. The monoisotopic (exact) mass is 399 g/mol. The Morgan fingerprint density at radius 1 is 1.30 bits per heavy atom. The number of amides is 1. The van der Waals surface area contributed by atoms with Crippen LogP contribution in [0.1, 0.15) is 38.2 Å². The Morgan fingerprint density at radius 3 is 2.67 bits per heavy atom. The van der Waals surface area contributed by atoms with E-state index in [-0.39, 0.29) is 29.9 Å². The first kappa shape index (κ1) is 21.7. The van der Waals surface area contributed by atoms with Crippen molar-refractivity contribution in [2.75, 3.05) is 26.3 Å². The van der Waals surface area contributed by atoms with Crippen molar-refractivity contribution in [2.45, 2.75) is 50.5 Å². The van der Waals surface area contributed by atoms with Crippen LogP contribution in [0.2, 0.25) is 0 Å². The Kier molecular flexibility index (Phi) is 8.07. The quantitative estimate of drug-likeness (QED) is 0.507. The summed E-state index contributed by atoms with van der Waals surface area (Å²) in [6.45, 7) is 5.15. The van der Waals surface area contributed by atoms with Crippen LogP contribution >= 0.6 is 0 Å².